The Morgan fingerprint density at radius 1 is 0.970 bits per heavy atom. The predicted molar refractivity (Wildman–Crippen MR) is 121 cm³/mol. The van der Waals surface area contributed by atoms with Crippen LogP contribution >= 0.6 is 0 Å². The highest BCUT2D eigenvalue weighted by molar-refractivity contribution is 5.79. The van der Waals surface area contributed by atoms with Crippen molar-refractivity contribution in [3.8, 4) is 0 Å². The molecular weight excluding hydrogens is 431 g/mol. The van der Waals surface area contributed by atoms with Crippen molar-refractivity contribution in [2.75, 3.05) is 0 Å². The number of nitrogens with zero attached hydrogens (tertiary/aromatic N) is 3. The van der Waals surface area contributed by atoms with Crippen LogP contribution in [0.5, 0.6) is 0 Å². The molecule has 5 nitrogen and oxygen atoms in total. The molecule has 8 heteroatoms. The number of ketones is 1. The summed E-state index contributed by atoms with van der Waals surface area (Å²) >= 11 is 0. The number of unbranched alkanes of at least 4 members (excludes halogenated alkanes) is 1. The summed E-state index contributed by atoms with van der Waals surface area (Å²) < 4.78 is 41.2. The molecule has 178 valence electrons. The number of carbonyl (C=O) groups excluding carboxylic acids is 1. The van der Waals surface area contributed by atoms with Crippen LogP contribution in [0, 0.1) is 0 Å². The average Bonchev–Trinajstić information content (AvgIpc) is 3.09. The zero-order chi connectivity index (χ0) is 24.4. The first-order valence-electron chi connectivity index (χ1n) is 11.0. The third-order valence-corrected chi connectivity index (χ3v) is 5.58. The fraction of sp³-hybridized carbons (Fsp3) is 0.480. The second kappa shape index (κ2) is 9.25. The standard InChI is InChI=1S/C25H30F3N3O2/c1-23(2,3)31-21(29-19-14-15-20(25(26,27)28)30-22(19)31)13-9-8-12-18(32)16-24(4,33)17-10-6-5-7-11-17/h5-7,10-11,14-15,33H,8-9,12-13,16H2,1-4H3. The van der Waals surface area contributed by atoms with Crippen LogP contribution in [0.1, 0.15) is 70.5 Å². The summed E-state index contributed by atoms with van der Waals surface area (Å²) in [4.78, 5) is 20.8. The van der Waals surface area contributed by atoms with Gasteiger partial charge in [0.05, 0.1) is 5.60 Å². The number of aryl methyl sites for hydroxylation is 1. The van der Waals surface area contributed by atoms with Gasteiger partial charge in [0.25, 0.3) is 0 Å². The zero-order valence-electron chi connectivity index (χ0n) is 19.4. The van der Waals surface area contributed by atoms with Gasteiger partial charge in [0.1, 0.15) is 22.8 Å². The van der Waals surface area contributed by atoms with Gasteiger partial charge in [-0.25, -0.2) is 9.97 Å². The van der Waals surface area contributed by atoms with Gasteiger partial charge < -0.3 is 9.67 Å². The second-order valence-electron chi connectivity index (χ2n) is 9.63. The summed E-state index contributed by atoms with van der Waals surface area (Å²) in [5.41, 5.74) is -1.34. The molecular formula is C25H30F3N3O2. The Morgan fingerprint density at radius 3 is 2.24 bits per heavy atom. The molecule has 0 amide bonds. The lowest BCUT2D eigenvalue weighted by molar-refractivity contribution is -0.141. The molecule has 1 N–H and O–H groups in total. The summed E-state index contributed by atoms with van der Waals surface area (Å²) in [7, 11) is 0. The van der Waals surface area contributed by atoms with Gasteiger partial charge in [-0.05, 0) is 58.2 Å². The number of pyridine rings is 1. The molecule has 33 heavy (non-hydrogen) atoms. The smallest absolute Gasteiger partial charge is 0.385 e. The Kier molecular flexibility index (Phi) is 6.98. The lowest BCUT2D eigenvalue weighted by Crippen LogP contribution is -2.25. The molecule has 0 saturated carbocycles. The number of hydrogen-bond donors (Lipinski definition) is 1. The quantitative estimate of drug-likeness (QED) is 0.432. The second-order valence-corrected chi connectivity index (χ2v) is 9.63. The number of carbonyl (C=O) groups is 1. The van der Waals surface area contributed by atoms with Crippen LogP contribution in [0.2, 0.25) is 0 Å². The molecule has 0 aliphatic heterocycles. The van der Waals surface area contributed by atoms with Crippen molar-refractivity contribution in [3.63, 3.8) is 0 Å². The Hall–Kier alpha value is -2.74. The van der Waals surface area contributed by atoms with Crippen LogP contribution in [-0.2, 0) is 28.5 Å². The summed E-state index contributed by atoms with van der Waals surface area (Å²) in [6.07, 6.45) is -2.43. The maximum atomic E-state index is 13.2. The molecule has 0 saturated heterocycles. The Bertz CT molecular complexity index is 1110. The van der Waals surface area contributed by atoms with Gasteiger partial charge in [-0.2, -0.15) is 13.2 Å². The van der Waals surface area contributed by atoms with Gasteiger partial charge in [0.2, 0.25) is 0 Å². The number of benzene rings is 1. The van der Waals surface area contributed by atoms with Gasteiger partial charge >= 0.3 is 6.18 Å². The van der Waals surface area contributed by atoms with Crippen molar-refractivity contribution in [1.29, 1.82) is 0 Å². The first kappa shape index (κ1) is 24.9. The lowest BCUT2D eigenvalue weighted by Gasteiger charge is -2.24. The Balaban J connectivity index is 1.67. The van der Waals surface area contributed by atoms with E-state index in [1.54, 1.807) is 23.6 Å². The fourth-order valence-electron chi connectivity index (χ4n) is 4.01. The fourth-order valence-corrected chi connectivity index (χ4v) is 4.01. The van der Waals surface area contributed by atoms with E-state index < -0.39 is 23.0 Å². The van der Waals surface area contributed by atoms with E-state index in [1.165, 1.54) is 6.07 Å². The van der Waals surface area contributed by atoms with Crippen molar-refractivity contribution in [1.82, 2.24) is 14.5 Å². The molecule has 0 fully saturated rings. The normalized spacial score (nSPS) is 14.4. The third kappa shape index (κ3) is 5.99. The highest BCUT2D eigenvalue weighted by Crippen LogP contribution is 2.31. The Labute approximate surface area is 191 Å². The van der Waals surface area contributed by atoms with E-state index in [0.29, 0.717) is 42.6 Å². The number of aromatic nitrogens is 3. The molecule has 0 radical (unpaired) electrons. The molecule has 3 aromatic rings. The number of hydrogen-bond acceptors (Lipinski definition) is 4. The van der Waals surface area contributed by atoms with E-state index in [1.807, 2.05) is 39.0 Å². The average molecular weight is 462 g/mol. The van der Waals surface area contributed by atoms with Crippen LogP contribution in [0.4, 0.5) is 13.2 Å². The van der Waals surface area contributed by atoms with E-state index in [4.69, 9.17) is 0 Å². The monoisotopic (exact) mass is 461 g/mol. The van der Waals surface area contributed by atoms with Crippen molar-refractivity contribution in [2.45, 2.75) is 77.1 Å². The molecule has 1 atom stereocenters. The number of halogens is 3. The molecule has 2 aromatic heterocycles. The van der Waals surface area contributed by atoms with E-state index in [0.717, 1.165) is 6.07 Å². The maximum Gasteiger partial charge on any atom is 0.433 e. The minimum Gasteiger partial charge on any atom is -0.385 e. The van der Waals surface area contributed by atoms with Gasteiger partial charge in [-0.3, -0.25) is 4.79 Å². The minimum atomic E-state index is -4.53. The number of imidazole rings is 1. The van der Waals surface area contributed by atoms with E-state index in [-0.39, 0.29) is 17.9 Å². The van der Waals surface area contributed by atoms with E-state index >= 15 is 0 Å². The lowest BCUT2D eigenvalue weighted by atomic mass is 9.89. The first-order chi connectivity index (χ1) is 15.3. The zero-order valence-corrected chi connectivity index (χ0v) is 19.4. The molecule has 1 aromatic carbocycles. The van der Waals surface area contributed by atoms with Crippen LogP contribution in [0.15, 0.2) is 42.5 Å². The number of aliphatic hydroxyl groups is 1. The van der Waals surface area contributed by atoms with Crippen molar-refractivity contribution < 1.29 is 23.1 Å². The van der Waals surface area contributed by atoms with Gasteiger partial charge in [-0.15, -0.1) is 0 Å². The maximum absolute atomic E-state index is 13.2. The largest absolute Gasteiger partial charge is 0.433 e. The molecule has 0 aliphatic rings. The molecule has 0 spiro atoms. The molecule has 0 bridgehead atoms. The summed E-state index contributed by atoms with van der Waals surface area (Å²) in [5.74, 6) is 0.609. The van der Waals surface area contributed by atoms with Crippen LogP contribution < -0.4 is 0 Å². The molecule has 0 aliphatic carbocycles. The topological polar surface area (TPSA) is 68.0 Å². The van der Waals surface area contributed by atoms with Crippen LogP contribution in [-0.4, -0.2) is 25.4 Å². The third-order valence-electron chi connectivity index (χ3n) is 5.58. The highest BCUT2D eigenvalue weighted by atomic mass is 19.4. The molecule has 1 unspecified atom stereocenters. The SMILES string of the molecule is CC(O)(CC(=O)CCCCc1nc2ccc(C(F)(F)F)nc2n1C(C)(C)C)c1ccccc1. The van der Waals surface area contributed by atoms with Crippen molar-refractivity contribution in [3.05, 3.63) is 59.5 Å². The Morgan fingerprint density at radius 2 is 1.64 bits per heavy atom. The molecule has 3 rings (SSSR count). The van der Waals surface area contributed by atoms with E-state index in [9.17, 15) is 23.1 Å². The number of rotatable bonds is 8. The van der Waals surface area contributed by atoms with Crippen molar-refractivity contribution >= 4 is 16.9 Å². The number of fused-ring (bicyclic) bond motifs is 1. The predicted octanol–water partition coefficient (Wildman–Crippen LogP) is 5.78. The van der Waals surface area contributed by atoms with Crippen LogP contribution in [0.25, 0.3) is 11.2 Å². The number of alkyl halides is 3. The van der Waals surface area contributed by atoms with Gasteiger partial charge in [0.15, 0.2) is 5.65 Å². The van der Waals surface area contributed by atoms with Crippen molar-refractivity contribution in [2.24, 2.45) is 0 Å². The summed E-state index contributed by atoms with van der Waals surface area (Å²) in [6.45, 7) is 7.33. The summed E-state index contributed by atoms with van der Waals surface area (Å²) in [6, 6.07) is 11.4. The van der Waals surface area contributed by atoms with Gasteiger partial charge in [0, 0.05) is 24.8 Å². The highest BCUT2D eigenvalue weighted by Gasteiger charge is 2.34. The van der Waals surface area contributed by atoms with E-state index in [2.05, 4.69) is 9.97 Å². The van der Waals surface area contributed by atoms with Gasteiger partial charge in [-0.1, -0.05) is 30.3 Å². The minimum absolute atomic E-state index is 0.0294. The molecule has 2 heterocycles. The van der Waals surface area contributed by atoms with Crippen LogP contribution in [0.3, 0.4) is 0 Å². The first-order valence-corrected chi connectivity index (χ1v) is 11.0. The summed E-state index contributed by atoms with van der Waals surface area (Å²) in [5, 5.41) is 10.7. The number of Topliss-reactive ketones (excluding diaryl/α,β-unsaturated/α-hetero) is 1.